The van der Waals surface area contributed by atoms with Crippen molar-refractivity contribution in [1.29, 1.82) is 0 Å². The summed E-state index contributed by atoms with van der Waals surface area (Å²) in [5, 5.41) is 7.96. The van der Waals surface area contributed by atoms with Crippen molar-refractivity contribution in [3.63, 3.8) is 0 Å². The van der Waals surface area contributed by atoms with Crippen LogP contribution >= 0.6 is 15.9 Å². The normalized spacial score (nSPS) is 10.6. The van der Waals surface area contributed by atoms with Gasteiger partial charge in [-0.25, -0.2) is 0 Å². The Bertz CT molecular complexity index is 782. The zero-order chi connectivity index (χ0) is 15.5. The lowest BCUT2D eigenvalue weighted by atomic mass is 10.2. The first-order chi connectivity index (χ1) is 10.6. The fourth-order valence-electron chi connectivity index (χ4n) is 1.91. The molecular weight excluding hydrogens is 350 g/mol. The molecule has 2 heterocycles. The Hall–Kier alpha value is -2.41. The van der Waals surface area contributed by atoms with Gasteiger partial charge in [-0.1, -0.05) is 18.2 Å². The van der Waals surface area contributed by atoms with Gasteiger partial charge in [-0.15, -0.1) is 10.2 Å². The third-order valence-corrected chi connectivity index (χ3v) is 3.64. The molecule has 0 atom stereocenters. The molecule has 6 nitrogen and oxygen atoms in total. The molecule has 0 unspecified atom stereocenters. The molecule has 0 saturated heterocycles. The van der Waals surface area contributed by atoms with Crippen molar-refractivity contribution in [3.05, 3.63) is 58.8 Å². The molecule has 0 saturated carbocycles. The van der Waals surface area contributed by atoms with Crippen LogP contribution in [0.15, 0.2) is 56.0 Å². The Morgan fingerprint density at radius 3 is 2.68 bits per heavy atom. The van der Waals surface area contributed by atoms with Gasteiger partial charge in [0.1, 0.15) is 0 Å². The number of hydrogen-bond donors (Lipinski definition) is 0. The van der Waals surface area contributed by atoms with Gasteiger partial charge in [-0.2, -0.15) is 0 Å². The van der Waals surface area contributed by atoms with Crippen LogP contribution in [0.4, 0.5) is 0 Å². The Morgan fingerprint density at radius 2 is 2.00 bits per heavy atom. The molecule has 0 spiro atoms. The van der Waals surface area contributed by atoms with Crippen molar-refractivity contribution >= 4 is 21.8 Å². The van der Waals surface area contributed by atoms with Gasteiger partial charge in [0.05, 0.1) is 17.3 Å². The zero-order valence-corrected chi connectivity index (χ0v) is 13.3. The highest BCUT2D eigenvalue weighted by Crippen LogP contribution is 2.21. The Balaban J connectivity index is 1.73. The van der Waals surface area contributed by atoms with Crippen molar-refractivity contribution in [1.82, 2.24) is 15.1 Å². The smallest absolute Gasteiger partial charge is 0.290 e. The van der Waals surface area contributed by atoms with Gasteiger partial charge in [0.25, 0.3) is 5.91 Å². The number of carbonyl (C=O) groups is 1. The molecular formula is C15H12BrN3O3. The third kappa shape index (κ3) is 2.94. The predicted molar refractivity (Wildman–Crippen MR) is 81.9 cm³/mol. The van der Waals surface area contributed by atoms with Gasteiger partial charge >= 0.3 is 0 Å². The summed E-state index contributed by atoms with van der Waals surface area (Å²) in [6.07, 6.45) is 1.45. The topological polar surface area (TPSA) is 72.4 Å². The van der Waals surface area contributed by atoms with Gasteiger partial charge in [-0.3, -0.25) is 4.79 Å². The second kappa shape index (κ2) is 6.15. The molecule has 0 aliphatic heterocycles. The molecule has 0 fully saturated rings. The average Bonchev–Trinajstić information content (AvgIpc) is 3.16. The Morgan fingerprint density at radius 1 is 1.23 bits per heavy atom. The van der Waals surface area contributed by atoms with Crippen LogP contribution in [0.2, 0.25) is 0 Å². The largest absolute Gasteiger partial charge is 0.458 e. The highest BCUT2D eigenvalue weighted by molar-refractivity contribution is 9.10. The first-order valence-electron chi connectivity index (χ1n) is 6.51. The molecule has 1 aromatic carbocycles. The summed E-state index contributed by atoms with van der Waals surface area (Å²) in [4.78, 5) is 13.7. The third-order valence-electron chi connectivity index (χ3n) is 3.02. The lowest BCUT2D eigenvalue weighted by Crippen LogP contribution is -2.26. The molecule has 0 aliphatic rings. The van der Waals surface area contributed by atoms with Crippen LogP contribution in [-0.2, 0) is 6.54 Å². The summed E-state index contributed by atoms with van der Waals surface area (Å²) in [5.41, 5.74) is 0.837. The van der Waals surface area contributed by atoms with Gasteiger partial charge in [0, 0.05) is 12.6 Å². The second-order valence-electron chi connectivity index (χ2n) is 4.63. The Labute approximate surface area is 134 Å². The van der Waals surface area contributed by atoms with Crippen molar-refractivity contribution in [2.24, 2.45) is 0 Å². The molecule has 1 amide bonds. The minimum Gasteiger partial charge on any atom is -0.458 e. The van der Waals surface area contributed by atoms with Crippen LogP contribution in [0.3, 0.4) is 0 Å². The maximum absolute atomic E-state index is 12.2. The summed E-state index contributed by atoms with van der Waals surface area (Å²) in [5.74, 6) is 0.759. The molecule has 0 aliphatic carbocycles. The van der Waals surface area contributed by atoms with Gasteiger partial charge in [0.2, 0.25) is 17.5 Å². The number of hydrogen-bond acceptors (Lipinski definition) is 5. The van der Waals surface area contributed by atoms with E-state index in [4.69, 9.17) is 8.83 Å². The molecule has 3 aromatic rings. The number of benzene rings is 1. The molecule has 112 valence electrons. The molecule has 3 rings (SSSR count). The molecule has 0 radical (unpaired) electrons. The van der Waals surface area contributed by atoms with E-state index in [-0.39, 0.29) is 18.2 Å². The van der Waals surface area contributed by atoms with Crippen LogP contribution in [0.5, 0.6) is 0 Å². The highest BCUT2D eigenvalue weighted by atomic mass is 79.9. The lowest BCUT2D eigenvalue weighted by Gasteiger charge is -2.13. The molecule has 22 heavy (non-hydrogen) atoms. The maximum atomic E-state index is 12.2. The van der Waals surface area contributed by atoms with Gasteiger partial charge in [0.15, 0.2) is 0 Å². The van der Waals surface area contributed by atoms with E-state index in [9.17, 15) is 4.79 Å². The van der Waals surface area contributed by atoms with Crippen molar-refractivity contribution in [2.75, 3.05) is 7.05 Å². The van der Waals surface area contributed by atoms with E-state index >= 15 is 0 Å². The molecule has 0 N–H and O–H groups in total. The number of amides is 1. The standard InChI is InChI=1S/C15H12BrN3O3/c1-19(15(20)13-11(16)7-8-21-13)9-12-17-18-14(22-12)10-5-3-2-4-6-10/h2-8H,9H2,1H3. The number of aromatic nitrogens is 2. The minimum atomic E-state index is -0.267. The SMILES string of the molecule is CN(Cc1nnc(-c2ccccc2)o1)C(=O)c1occc1Br. The predicted octanol–water partition coefficient (Wildman–Crippen LogP) is 3.36. The van der Waals surface area contributed by atoms with Crippen molar-refractivity contribution in [3.8, 4) is 11.5 Å². The van der Waals surface area contributed by atoms with Gasteiger partial charge < -0.3 is 13.7 Å². The van der Waals surface area contributed by atoms with E-state index in [1.165, 1.54) is 11.2 Å². The summed E-state index contributed by atoms with van der Waals surface area (Å²) in [7, 11) is 1.64. The minimum absolute atomic E-state index is 0.200. The molecule has 0 bridgehead atoms. The van der Waals surface area contributed by atoms with E-state index in [1.807, 2.05) is 30.3 Å². The summed E-state index contributed by atoms with van der Waals surface area (Å²) in [6.45, 7) is 0.200. The lowest BCUT2D eigenvalue weighted by molar-refractivity contribution is 0.0740. The maximum Gasteiger partial charge on any atom is 0.290 e. The van der Waals surface area contributed by atoms with E-state index in [2.05, 4.69) is 26.1 Å². The van der Waals surface area contributed by atoms with Crippen molar-refractivity contribution in [2.45, 2.75) is 6.54 Å². The number of nitrogens with zero attached hydrogens (tertiary/aromatic N) is 3. The van der Waals surface area contributed by atoms with E-state index in [1.54, 1.807) is 13.1 Å². The van der Waals surface area contributed by atoms with Crippen LogP contribution in [-0.4, -0.2) is 28.1 Å². The fourth-order valence-corrected chi connectivity index (χ4v) is 2.28. The quantitative estimate of drug-likeness (QED) is 0.712. The van der Waals surface area contributed by atoms with Crippen LogP contribution < -0.4 is 0 Å². The number of furan rings is 1. The van der Waals surface area contributed by atoms with Gasteiger partial charge in [-0.05, 0) is 34.1 Å². The van der Waals surface area contributed by atoms with E-state index < -0.39 is 0 Å². The van der Waals surface area contributed by atoms with Crippen LogP contribution in [0.25, 0.3) is 11.5 Å². The summed E-state index contributed by atoms with van der Waals surface area (Å²) >= 11 is 3.26. The first kappa shape index (κ1) is 14.5. The van der Waals surface area contributed by atoms with Crippen LogP contribution in [0, 0.1) is 0 Å². The highest BCUT2D eigenvalue weighted by Gasteiger charge is 2.20. The molecule has 2 aromatic heterocycles. The number of halogens is 1. The van der Waals surface area contributed by atoms with E-state index in [0.717, 1.165) is 5.56 Å². The fraction of sp³-hybridized carbons (Fsp3) is 0.133. The molecule has 7 heteroatoms. The summed E-state index contributed by atoms with van der Waals surface area (Å²) < 4.78 is 11.3. The van der Waals surface area contributed by atoms with Crippen LogP contribution in [0.1, 0.15) is 16.4 Å². The number of carbonyl (C=O) groups excluding carboxylic acids is 1. The summed E-state index contributed by atoms with van der Waals surface area (Å²) in [6, 6.07) is 11.1. The van der Waals surface area contributed by atoms with E-state index in [0.29, 0.717) is 16.3 Å². The monoisotopic (exact) mass is 361 g/mol. The van der Waals surface area contributed by atoms with Crippen molar-refractivity contribution < 1.29 is 13.6 Å². The second-order valence-corrected chi connectivity index (χ2v) is 5.48. The zero-order valence-electron chi connectivity index (χ0n) is 11.7. The Kier molecular flexibility index (Phi) is 4.06. The first-order valence-corrected chi connectivity index (χ1v) is 7.30. The number of rotatable bonds is 4. The average molecular weight is 362 g/mol.